The smallest absolute Gasteiger partial charge is 0.409 e. The van der Waals surface area contributed by atoms with Crippen molar-refractivity contribution in [1.29, 1.82) is 0 Å². The minimum absolute atomic E-state index is 0.250. The van der Waals surface area contributed by atoms with Gasteiger partial charge in [-0.3, -0.25) is 4.98 Å². The third kappa shape index (κ3) is 4.77. The molecule has 0 saturated carbocycles. The molecule has 0 radical (unpaired) electrons. The largest absolute Gasteiger partial charge is 0.448 e. The van der Waals surface area contributed by atoms with Gasteiger partial charge in [0.1, 0.15) is 12.4 Å². The summed E-state index contributed by atoms with van der Waals surface area (Å²) < 4.78 is 5.13. The standard InChI is InChI=1S/C28H32N6O2/c1-18-14-23(15-19(2)31-18)27-20(3)24-6-4-21(16-25(24)32-27)22-5-7-26(30-17-22)33-9-11-34(12-10-33)28(35)36-13-8-29/h4-7,14-17,32H,8-13,29H2,1-3H3. The fourth-order valence-electron chi connectivity index (χ4n) is 4.88. The number of H-pyrrole nitrogens is 1. The summed E-state index contributed by atoms with van der Waals surface area (Å²) in [5, 5.41) is 1.22. The zero-order chi connectivity index (χ0) is 25.2. The van der Waals surface area contributed by atoms with Gasteiger partial charge in [0.25, 0.3) is 0 Å². The number of carbonyl (C=O) groups excluding carboxylic acids is 1. The van der Waals surface area contributed by atoms with Crippen molar-refractivity contribution in [3.8, 4) is 22.4 Å². The molecule has 1 saturated heterocycles. The Balaban J connectivity index is 1.32. The number of aromatic amines is 1. The number of amides is 1. The van der Waals surface area contributed by atoms with Gasteiger partial charge in [-0.1, -0.05) is 12.1 Å². The number of pyridine rings is 2. The van der Waals surface area contributed by atoms with Crippen LogP contribution in [0.15, 0.2) is 48.7 Å². The molecule has 5 rings (SSSR count). The van der Waals surface area contributed by atoms with Crippen LogP contribution in [0.2, 0.25) is 0 Å². The molecule has 1 amide bonds. The molecule has 0 aliphatic carbocycles. The van der Waals surface area contributed by atoms with Gasteiger partial charge in [-0.25, -0.2) is 9.78 Å². The number of nitrogens with zero attached hydrogens (tertiary/aromatic N) is 4. The average molecular weight is 485 g/mol. The van der Waals surface area contributed by atoms with Crippen LogP contribution in [0.5, 0.6) is 0 Å². The van der Waals surface area contributed by atoms with Gasteiger partial charge < -0.3 is 25.3 Å². The van der Waals surface area contributed by atoms with E-state index in [2.05, 4.69) is 64.3 Å². The highest BCUT2D eigenvalue weighted by atomic mass is 16.6. The van der Waals surface area contributed by atoms with E-state index in [0.717, 1.165) is 45.1 Å². The monoisotopic (exact) mass is 484 g/mol. The molecule has 0 atom stereocenters. The number of benzene rings is 1. The number of hydrogen-bond acceptors (Lipinski definition) is 6. The van der Waals surface area contributed by atoms with Gasteiger partial charge in [0.2, 0.25) is 0 Å². The zero-order valence-electron chi connectivity index (χ0n) is 21.0. The van der Waals surface area contributed by atoms with Crippen molar-refractivity contribution in [2.75, 3.05) is 44.2 Å². The first-order valence-corrected chi connectivity index (χ1v) is 12.3. The molecule has 3 aromatic heterocycles. The number of fused-ring (bicyclic) bond motifs is 1. The van der Waals surface area contributed by atoms with E-state index in [4.69, 9.17) is 15.5 Å². The van der Waals surface area contributed by atoms with E-state index >= 15 is 0 Å². The summed E-state index contributed by atoms with van der Waals surface area (Å²) in [6.45, 7) is 9.45. The Morgan fingerprint density at radius 2 is 1.69 bits per heavy atom. The Morgan fingerprint density at radius 1 is 0.972 bits per heavy atom. The first-order valence-electron chi connectivity index (χ1n) is 12.3. The molecule has 186 valence electrons. The van der Waals surface area contributed by atoms with E-state index in [1.54, 1.807) is 4.90 Å². The van der Waals surface area contributed by atoms with Crippen molar-refractivity contribution in [2.45, 2.75) is 20.8 Å². The Hall–Kier alpha value is -3.91. The predicted octanol–water partition coefficient (Wildman–Crippen LogP) is 4.43. The van der Waals surface area contributed by atoms with Crippen LogP contribution in [0, 0.1) is 20.8 Å². The van der Waals surface area contributed by atoms with Gasteiger partial charge in [-0.2, -0.15) is 0 Å². The van der Waals surface area contributed by atoms with E-state index in [-0.39, 0.29) is 12.7 Å². The second-order valence-electron chi connectivity index (χ2n) is 9.31. The van der Waals surface area contributed by atoms with Crippen molar-refractivity contribution in [2.24, 2.45) is 5.73 Å². The van der Waals surface area contributed by atoms with Gasteiger partial charge in [0.15, 0.2) is 0 Å². The summed E-state index contributed by atoms with van der Waals surface area (Å²) in [6, 6.07) is 14.9. The molecule has 1 aromatic carbocycles. The molecule has 0 unspecified atom stereocenters. The van der Waals surface area contributed by atoms with Crippen molar-refractivity contribution in [3.63, 3.8) is 0 Å². The number of aryl methyl sites for hydroxylation is 3. The third-order valence-corrected chi connectivity index (χ3v) is 6.71. The molecule has 8 heteroatoms. The number of piperazine rings is 1. The summed E-state index contributed by atoms with van der Waals surface area (Å²) in [4.78, 5) is 28.8. The summed E-state index contributed by atoms with van der Waals surface area (Å²) in [5.74, 6) is 0.913. The maximum Gasteiger partial charge on any atom is 0.409 e. The number of rotatable bonds is 5. The van der Waals surface area contributed by atoms with Crippen LogP contribution in [0.3, 0.4) is 0 Å². The lowest BCUT2D eigenvalue weighted by Gasteiger charge is -2.34. The van der Waals surface area contributed by atoms with Gasteiger partial charge in [0, 0.05) is 78.0 Å². The molecule has 4 aromatic rings. The fourth-order valence-corrected chi connectivity index (χ4v) is 4.88. The molecular formula is C28H32N6O2. The van der Waals surface area contributed by atoms with Crippen molar-refractivity contribution in [3.05, 3.63) is 65.6 Å². The number of nitrogens with two attached hydrogens (primary N) is 1. The van der Waals surface area contributed by atoms with E-state index in [1.165, 1.54) is 10.9 Å². The van der Waals surface area contributed by atoms with Crippen LogP contribution < -0.4 is 10.6 Å². The predicted molar refractivity (Wildman–Crippen MR) is 143 cm³/mol. The van der Waals surface area contributed by atoms with E-state index < -0.39 is 0 Å². The normalized spacial score (nSPS) is 13.9. The maximum atomic E-state index is 12.0. The van der Waals surface area contributed by atoms with Crippen LogP contribution in [-0.2, 0) is 4.74 Å². The van der Waals surface area contributed by atoms with Gasteiger partial charge in [-0.15, -0.1) is 0 Å². The average Bonchev–Trinajstić information content (AvgIpc) is 3.22. The first-order chi connectivity index (χ1) is 17.4. The molecule has 0 spiro atoms. The van der Waals surface area contributed by atoms with Gasteiger partial charge in [0.05, 0.1) is 0 Å². The summed E-state index contributed by atoms with van der Waals surface area (Å²) in [6.07, 6.45) is 1.63. The summed E-state index contributed by atoms with van der Waals surface area (Å²) in [5.41, 5.74) is 14.3. The number of nitrogens with one attached hydrogen (secondary N) is 1. The molecule has 0 bridgehead atoms. The van der Waals surface area contributed by atoms with Crippen molar-refractivity contribution < 1.29 is 9.53 Å². The van der Waals surface area contributed by atoms with Crippen LogP contribution in [-0.4, -0.2) is 65.3 Å². The third-order valence-electron chi connectivity index (χ3n) is 6.71. The molecule has 1 aliphatic heterocycles. The first kappa shape index (κ1) is 23.8. The molecule has 36 heavy (non-hydrogen) atoms. The lowest BCUT2D eigenvalue weighted by molar-refractivity contribution is 0.103. The van der Waals surface area contributed by atoms with Gasteiger partial charge >= 0.3 is 6.09 Å². The van der Waals surface area contributed by atoms with Crippen LogP contribution in [0.25, 0.3) is 33.3 Å². The highest BCUT2D eigenvalue weighted by molar-refractivity contribution is 5.93. The Morgan fingerprint density at radius 3 is 2.36 bits per heavy atom. The Bertz CT molecular complexity index is 1370. The van der Waals surface area contributed by atoms with Gasteiger partial charge in [-0.05, 0) is 62.2 Å². The minimum atomic E-state index is -0.296. The molecule has 3 N–H and O–H groups in total. The highest BCUT2D eigenvalue weighted by Crippen LogP contribution is 2.33. The van der Waals surface area contributed by atoms with Crippen molar-refractivity contribution >= 4 is 22.8 Å². The van der Waals surface area contributed by atoms with E-state index in [9.17, 15) is 4.79 Å². The molecule has 4 heterocycles. The summed E-state index contributed by atoms with van der Waals surface area (Å²) >= 11 is 0. The number of hydrogen-bond donors (Lipinski definition) is 2. The fraction of sp³-hybridized carbons (Fsp3) is 0.321. The molecule has 1 fully saturated rings. The zero-order valence-corrected chi connectivity index (χ0v) is 21.0. The second-order valence-corrected chi connectivity index (χ2v) is 9.31. The van der Waals surface area contributed by atoms with Crippen molar-refractivity contribution in [1.82, 2.24) is 19.9 Å². The SMILES string of the molecule is Cc1cc(-c2[nH]c3cc(-c4ccc(N5CCN(C(=O)OCCN)CC5)nc4)ccc3c2C)cc(C)n1. The lowest BCUT2D eigenvalue weighted by Crippen LogP contribution is -2.49. The van der Waals surface area contributed by atoms with Crippen LogP contribution in [0.4, 0.5) is 10.6 Å². The van der Waals surface area contributed by atoms with E-state index in [0.29, 0.717) is 32.7 Å². The topological polar surface area (TPSA) is 100 Å². The number of anilines is 1. The number of carbonyl (C=O) groups is 1. The molecule has 8 nitrogen and oxygen atoms in total. The summed E-state index contributed by atoms with van der Waals surface area (Å²) in [7, 11) is 0. The Labute approximate surface area is 211 Å². The number of aromatic nitrogens is 3. The van der Waals surface area contributed by atoms with E-state index in [1.807, 2.05) is 20.0 Å². The number of ether oxygens (including phenoxy) is 1. The molecule has 1 aliphatic rings. The Kier molecular flexibility index (Phi) is 6.61. The maximum absolute atomic E-state index is 12.0. The lowest BCUT2D eigenvalue weighted by atomic mass is 10.0. The van der Waals surface area contributed by atoms with Crippen LogP contribution in [0.1, 0.15) is 17.0 Å². The highest BCUT2D eigenvalue weighted by Gasteiger charge is 2.23. The quantitative estimate of drug-likeness (QED) is 0.435. The minimum Gasteiger partial charge on any atom is -0.448 e. The molecular weight excluding hydrogens is 452 g/mol. The second kappa shape index (κ2) is 9.99. The van der Waals surface area contributed by atoms with Crippen LogP contribution >= 0.6 is 0 Å².